The predicted octanol–water partition coefficient (Wildman–Crippen LogP) is 3.18. The minimum Gasteiger partial charge on any atom is -0.497 e. The van der Waals surface area contributed by atoms with Crippen LogP contribution in [-0.4, -0.2) is 50.1 Å². The molecule has 3 aliphatic heterocycles. The largest absolute Gasteiger partial charge is 0.497 e. The Balaban J connectivity index is 1.33. The summed E-state index contributed by atoms with van der Waals surface area (Å²) in [6.07, 6.45) is 2.09. The first-order chi connectivity index (χ1) is 15.1. The Kier molecular flexibility index (Phi) is 5.18. The number of hydrogen-bond donors (Lipinski definition) is 0. The molecular formula is C24H26N2O5. The van der Waals surface area contributed by atoms with Gasteiger partial charge in [0, 0.05) is 31.3 Å². The average molecular weight is 422 g/mol. The first-order valence-electron chi connectivity index (χ1n) is 10.8. The molecule has 162 valence electrons. The van der Waals surface area contributed by atoms with E-state index in [-0.39, 0.29) is 30.2 Å². The third-order valence-electron chi connectivity index (χ3n) is 6.33. The van der Waals surface area contributed by atoms with E-state index in [1.165, 1.54) is 0 Å². The summed E-state index contributed by atoms with van der Waals surface area (Å²) in [5.41, 5.74) is 1.83. The van der Waals surface area contributed by atoms with Crippen molar-refractivity contribution in [3.63, 3.8) is 0 Å². The Bertz CT molecular complexity index is 1010. The number of anilines is 1. The highest BCUT2D eigenvalue weighted by Gasteiger charge is 2.40. The summed E-state index contributed by atoms with van der Waals surface area (Å²) in [7, 11) is 1.60. The first-order valence-corrected chi connectivity index (χ1v) is 10.8. The van der Waals surface area contributed by atoms with Crippen LogP contribution in [0.4, 0.5) is 5.69 Å². The van der Waals surface area contributed by atoms with Gasteiger partial charge in [-0.1, -0.05) is 12.1 Å². The molecule has 0 bridgehead atoms. The van der Waals surface area contributed by atoms with Crippen LogP contribution in [0.1, 0.15) is 30.9 Å². The summed E-state index contributed by atoms with van der Waals surface area (Å²) in [6, 6.07) is 13.3. The maximum atomic E-state index is 13.4. The fraction of sp³-hybridized carbons (Fsp3) is 0.417. The monoisotopic (exact) mass is 422 g/mol. The molecule has 7 nitrogen and oxygen atoms in total. The molecular weight excluding hydrogens is 396 g/mol. The molecule has 2 aromatic carbocycles. The molecule has 2 amide bonds. The Morgan fingerprint density at radius 2 is 1.94 bits per heavy atom. The molecule has 2 aromatic rings. The lowest BCUT2D eigenvalue weighted by Gasteiger charge is -2.28. The third-order valence-corrected chi connectivity index (χ3v) is 6.33. The van der Waals surface area contributed by atoms with E-state index in [0.29, 0.717) is 32.1 Å². The smallest absolute Gasteiger partial charge is 0.228 e. The number of hydrogen-bond acceptors (Lipinski definition) is 5. The Morgan fingerprint density at radius 1 is 1.10 bits per heavy atom. The zero-order valence-corrected chi connectivity index (χ0v) is 17.6. The predicted molar refractivity (Wildman–Crippen MR) is 115 cm³/mol. The molecule has 2 unspecified atom stereocenters. The molecule has 0 aromatic heterocycles. The average Bonchev–Trinajstić information content (AvgIpc) is 3.45. The number of ether oxygens (including phenoxy) is 3. The number of nitrogens with zero attached hydrogens (tertiary/aromatic N) is 2. The standard InChI is InChI=1S/C24H26N2O5/c1-29-19-5-2-4-18(14-19)26-15-17(13-23(26)27)24(28)25-9-3-6-20(25)16-7-8-21-22(12-16)31-11-10-30-21/h2,4-5,7-8,12,14,17,20H,3,6,9-11,13,15H2,1H3. The van der Waals surface area contributed by atoms with Crippen LogP contribution in [0.15, 0.2) is 42.5 Å². The maximum absolute atomic E-state index is 13.4. The van der Waals surface area contributed by atoms with Crippen LogP contribution in [0.5, 0.6) is 17.2 Å². The van der Waals surface area contributed by atoms with Gasteiger partial charge in [-0.2, -0.15) is 0 Å². The van der Waals surface area contributed by atoms with E-state index in [2.05, 4.69) is 0 Å². The quantitative estimate of drug-likeness (QED) is 0.757. The molecule has 5 rings (SSSR count). The van der Waals surface area contributed by atoms with Gasteiger partial charge in [0.15, 0.2) is 11.5 Å². The normalized spacial score (nSPS) is 22.7. The van der Waals surface area contributed by atoms with Crippen LogP contribution in [0.25, 0.3) is 0 Å². The van der Waals surface area contributed by atoms with Gasteiger partial charge in [0.1, 0.15) is 19.0 Å². The van der Waals surface area contributed by atoms with Crippen LogP contribution in [-0.2, 0) is 9.59 Å². The SMILES string of the molecule is COc1cccc(N2CC(C(=O)N3CCCC3c3ccc4c(c3)OCCO4)CC2=O)c1. The van der Waals surface area contributed by atoms with Gasteiger partial charge in [-0.25, -0.2) is 0 Å². The summed E-state index contributed by atoms with van der Waals surface area (Å²) in [5, 5.41) is 0. The number of likely N-dealkylation sites (tertiary alicyclic amines) is 1. The number of rotatable bonds is 4. The van der Waals surface area contributed by atoms with E-state index in [4.69, 9.17) is 14.2 Å². The Morgan fingerprint density at radius 3 is 2.77 bits per heavy atom. The van der Waals surface area contributed by atoms with Crippen LogP contribution in [0.3, 0.4) is 0 Å². The topological polar surface area (TPSA) is 68.3 Å². The van der Waals surface area contributed by atoms with Crippen molar-refractivity contribution in [3.8, 4) is 17.2 Å². The van der Waals surface area contributed by atoms with Crippen molar-refractivity contribution in [1.29, 1.82) is 0 Å². The van der Waals surface area contributed by atoms with Crippen LogP contribution in [0, 0.1) is 5.92 Å². The van der Waals surface area contributed by atoms with Gasteiger partial charge >= 0.3 is 0 Å². The van der Waals surface area contributed by atoms with Crippen molar-refractivity contribution in [1.82, 2.24) is 4.90 Å². The van der Waals surface area contributed by atoms with Crippen molar-refractivity contribution in [2.24, 2.45) is 5.92 Å². The molecule has 7 heteroatoms. The molecule has 2 saturated heterocycles. The lowest BCUT2D eigenvalue weighted by Crippen LogP contribution is -2.37. The molecule has 2 atom stereocenters. The minimum atomic E-state index is -0.337. The second-order valence-corrected chi connectivity index (χ2v) is 8.20. The van der Waals surface area contributed by atoms with Gasteiger partial charge in [-0.3, -0.25) is 9.59 Å². The molecule has 3 heterocycles. The van der Waals surface area contributed by atoms with Crippen LogP contribution in [0.2, 0.25) is 0 Å². The third kappa shape index (κ3) is 3.69. The van der Waals surface area contributed by atoms with Crippen LogP contribution >= 0.6 is 0 Å². The molecule has 0 N–H and O–H groups in total. The first kappa shape index (κ1) is 19.7. The van der Waals surface area contributed by atoms with E-state index in [1.54, 1.807) is 12.0 Å². The lowest BCUT2D eigenvalue weighted by molar-refractivity contribution is -0.136. The van der Waals surface area contributed by atoms with Crippen molar-refractivity contribution in [2.45, 2.75) is 25.3 Å². The summed E-state index contributed by atoms with van der Waals surface area (Å²) >= 11 is 0. The van der Waals surface area contributed by atoms with Gasteiger partial charge in [0.05, 0.1) is 19.1 Å². The van der Waals surface area contributed by atoms with Gasteiger partial charge in [0.25, 0.3) is 0 Å². The Labute approximate surface area is 181 Å². The molecule has 0 aliphatic carbocycles. The fourth-order valence-corrected chi connectivity index (χ4v) is 4.78. The highest BCUT2D eigenvalue weighted by Crippen LogP contribution is 2.39. The second-order valence-electron chi connectivity index (χ2n) is 8.20. The second kappa shape index (κ2) is 8.13. The number of carbonyl (C=O) groups is 2. The summed E-state index contributed by atoms with van der Waals surface area (Å²) in [6.45, 7) is 2.20. The molecule has 0 radical (unpaired) electrons. The van der Waals surface area contributed by atoms with Gasteiger partial charge in [-0.05, 0) is 42.7 Å². The van der Waals surface area contributed by atoms with Crippen LogP contribution < -0.4 is 19.1 Å². The minimum absolute atomic E-state index is 0.00398. The van der Waals surface area contributed by atoms with Crippen molar-refractivity contribution >= 4 is 17.5 Å². The summed E-state index contributed by atoms with van der Waals surface area (Å²) < 4.78 is 16.6. The number of carbonyl (C=O) groups excluding carboxylic acids is 2. The molecule has 3 aliphatic rings. The zero-order chi connectivity index (χ0) is 21.4. The highest BCUT2D eigenvalue weighted by atomic mass is 16.6. The molecule has 0 spiro atoms. The van der Waals surface area contributed by atoms with Crippen molar-refractivity contribution in [3.05, 3.63) is 48.0 Å². The number of methoxy groups -OCH3 is 1. The molecule has 31 heavy (non-hydrogen) atoms. The highest BCUT2D eigenvalue weighted by molar-refractivity contribution is 6.00. The van der Waals surface area contributed by atoms with Gasteiger partial charge in [-0.15, -0.1) is 0 Å². The lowest BCUT2D eigenvalue weighted by atomic mass is 10.0. The van der Waals surface area contributed by atoms with E-state index < -0.39 is 0 Å². The molecule has 0 saturated carbocycles. The van der Waals surface area contributed by atoms with Crippen molar-refractivity contribution in [2.75, 3.05) is 38.3 Å². The van der Waals surface area contributed by atoms with E-state index in [0.717, 1.165) is 35.6 Å². The number of benzene rings is 2. The van der Waals surface area contributed by atoms with E-state index in [1.807, 2.05) is 47.4 Å². The molecule has 2 fully saturated rings. The number of fused-ring (bicyclic) bond motifs is 1. The van der Waals surface area contributed by atoms with Gasteiger partial charge < -0.3 is 24.0 Å². The number of amides is 2. The van der Waals surface area contributed by atoms with E-state index in [9.17, 15) is 9.59 Å². The summed E-state index contributed by atoms with van der Waals surface area (Å²) in [5.74, 6) is 1.87. The maximum Gasteiger partial charge on any atom is 0.228 e. The Hall–Kier alpha value is -3.22. The van der Waals surface area contributed by atoms with E-state index >= 15 is 0 Å². The zero-order valence-electron chi connectivity index (χ0n) is 17.6. The fourth-order valence-electron chi connectivity index (χ4n) is 4.78. The van der Waals surface area contributed by atoms with Gasteiger partial charge in [0.2, 0.25) is 11.8 Å². The summed E-state index contributed by atoms with van der Waals surface area (Å²) in [4.78, 5) is 29.8. The van der Waals surface area contributed by atoms with Crippen molar-refractivity contribution < 1.29 is 23.8 Å².